The number of benzene rings is 1. The van der Waals surface area contributed by atoms with Crippen LogP contribution in [0.1, 0.15) is 52.1 Å². The lowest BCUT2D eigenvalue weighted by molar-refractivity contribution is -0.138. The first-order chi connectivity index (χ1) is 22.8. The van der Waals surface area contributed by atoms with Gasteiger partial charge in [0, 0.05) is 60.4 Å². The molecular weight excluding hydrogens is 693 g/mol. The SMILES string of the molecule is CCc1c(C(F)(F)F)cc(CCOc2cc(N)cc(OC)c2)n1C(=N)C(C=N)c1cnc(OCCCS(C)(=O)=O)c(C(=O)NS(C)(=O)=O)c1. The zero-order valence-corrected chi connectivity index (χ0v) is 28.7. The Balaban J connectivity index is 2.04. The van der Waals surface area contributed by atoms with Gasteiger partial charge in [-0.1, -0.05) is 6.92 Å². The minimum Gasteiger partial charge on any atom is -0.497 e. The number of anilines is 1. The maximum Gasteiger partial charge on any atom is 0.418 e. The van der Waals surface area contributed by atoms with Crippen LogP contribution in [0.4, 0.5) is 18.9 Å². The van der Waals surface area contributed by atoms with E-state index >= 15 is 0 Å². The molecule has 2 aromatic heterocycles. The Hall–Kier alpha value is -4.65. The number of hydrogen-bond acceptors (Lipinski definition) is 12. The molecule has 0 radical (unpaired) electrons. The molecular formula is C30H37F3N6O8S2. The van der Waals surface area contributed by atoms with Gasteiger partial charge in [0.1, 0.15) is 32.7 Å². The van der Waals surface area contributed by atoms with Crippen molar-refractivity contribution in [2.75, 3.05) is 44.3 Å². The summed E-state index contributed by atoms with van der Waals surface area (Å²) in [5.41, 5.74) is 4.58. The second-order valence-corrected chi connectivity index (χ2v) is 14.9. The number of sulfone groups is 1. The average molecular weight is 731 g/mol. The zero-order valence-electron chi connectivity index (χ0n) is 27.0. The number of amides is 1. The number of hydrogen-bond donors (Lipinski definition) is 4. The van der Waals surface area contributed by atoms with E-state index in [1.807, 2.05) is 0 Å². The maximum atomic E-state index is 14.2. The first-order valence-electron chi connectivity index (χ1n) is 14.6. The fourth-order valence-corrected chi connectivity index (χ4v) is 5.95. The first kappa shape index (κ1) is 38.8. The van der Waals surface area contributed by atoms with Crippen LogP contribution < -0.4 is 24.7 Å². The standard InChI is InChI=1S/C30H37F3N6O8S2/c1-5-26-25(30(31,32)33)14-20(7-9-46-22-13-19(35)12-21(15-22)45-2)39(26)27(36)24(16-34)18-11-23(28(40)38-49(4,43)44)29(37-17-18)47-8-6-10-48(3,41)42/h11-17,24,34,36H,5-10,35H2,1-4H3,(H,38,40). The summed E-state index contributed by atoms with van der Waals surface area (Å²) in [6.07, 6.45) is -1.34. The van der Waals surface area contributed by atoms with Crippen LogP contribution >= 0.6 is 0 Å². The number of nitrogens with one attached hydrogen (secondary N) is 3. The van der Waals surface area contributed by atoms with Gasteiger partial charge in [0.2, 0.25) is 15.9 Å². The highest BCUT2D eigenvalue weighted by atomic mass is 32.2. The Bertz CT molecular complexity index is 1930. The normalized spacial score (nSPS) is 12.6. The van der Waals surface area contributed by atoms with Gasteiger partial charge in [-0.2, -0.15) is 13.2 Å². The summed E-state index contributed by atoms with van der Waals surface area (Å²) in [7, 11) is -5.97. The molecule has 268 valence electrons. The lowest BCUT2D eigenvalue weighted by Gasteiger charge is -2.21. The molecule has 1 aromatic carbocycles. The number of pyridine rings is 1. The van der Waals surface area contributed by atoms with Crippen LogP contribution in [0.2, 0.25) is 0 Å². The minimum absolute atomic E-state index is 0.0134. The first-order valence-corrected chi connectivity index (χ1v) is 18.5. The van der Waals surface area contributed by atoms with Gasteiger partial charge in [0.15, 0.2) is 0 Å². The Morgan fingerprint density at radius 1 is 1.08 bits per heavy atom. The average Bonchev–Trinajstić information content (AvgIpc) is 3.37. The van der Waals surface area contributed by atoms with E-state index in [2.05, 4.69) is 4.98 Å². The molecule has 49 heavy (non-hydrogen) atoms. The number of alkyl halides is 3. The van der Waals surface area contributed by atoms with E-state index in [0.717, 1.165) is 41.6 Å². The lowest BCUT2D eigenvalue weighted by Crippen LogP contribution is -2.30. The molecule has 1 amide bonds. The molecule has 1 unspecified atom stereocenters. The van der Waals surface area contributed by atoms with Crippen LogP contribution in [0.5, 0.6) is 17.4 Å². The largest absolute Gasteiger partial charge is 0.497 e. The molecule has 0 aliphatic rings. The summed E-state index contributed by atoms with van der Waals surface area (Å²) >= 11 is 0. The van der Waals surface area contributed by atoms with E-state index in [9.17, 15) is 34.8 Å². The maximum absolute atomic E-state index is 14.2. The molecule has 0 aliphatic carbocycles. The number of rotatable bonds is 16. The third kappa shape index (κ3) is 10.7. The van der Waals surface area contributed by atoms with Gasteiger partial charge in [-0.25, -0.2) is 26.5 Å². The third-order valence-corrected chi connectivity index (χ3v) is 8.53. The molecule has 1 atom stereocenters. The summed E-state index contributed by atoms with van der Waals surface area (Å²) in [4.78, 5) is 17.0. The molecule has 14 nitrogen and oxygen atoms in total. The molecule has 0 bridgehead atoms. The van der Waals surface area contributed by atoms with Gasteiger partial charge in [-0.15, -0.1) is 0 Å². The van der Waals surface area contributed by atoms with E-state index in [-0.39, 0.29) is 61.1 Å². The molecule has 0 fully saturated rings. The Morgan fingerprint density at radius 2 is 1.76 bits per heavy atom. The van der Waals surface area contributed by atoms with E-state index in [0.29, 0.717) is 17.2 Å². The monoisotopic (exact) mass is 730 g/mol. The van der Waals surface area contributed by atoms with Crippen molar-refractivity contribution in [3.8, 4) is 17.4 Å². The number of carbonyl (C=O) groups is 1. The third-order valence-electron chi connectivity index (χ3n) is 6.94. The number of halogens is 3. The molecule has 2 heterocycles. The second kappa shape index (κ2) is 15.7. The van der Waals surface area contributed by atoms with Crippen LogP contribution in [0, 0.1) is 10.8 Å². The number of carbonyl (C=O) groups excluding carboxylic acids is 1. The summed E-state index contributed by atoms with van der Waals surface area (Å²) in [5, 5.41) is 17.2. The summed E-state index contributed by atoms with van der Waals surface area (Å²) in [6.45, 7) is 1.15. The highest BCUT2D eigenvalue weighted by Gasteiger charge is 2.37. The molecule has 3 aromatic rings. The highest BCUT2D eigenvalue weighted by Crippen LogP contribution is 2.36. The number of nitrogens with zero attached hydrogens (tertiary/aromatic N) is 2. The van der Waals surface area contributed by atoms with E-state index in [1.165, 1.54) is 20.1 Å². The van der Waals surface area contributed by atoms with Gasteiger partial charge >= 0.3 is 6.18 Å². The second-order valence-electron chi connectivity index (χ2n) is 10.9. The smallest absolute Gasteiger partial charge is 0.418 e. The van der Waals surface area contributed by atoms with Gasteiger partial charge in [-0.05, 0) is 30.5 Å². The summed E-state index contributed by atoms with van der Waals surface area (Å²) in [5.74, 6) is -2.91. The Kier molecular flexibility index (Phi) is 12.4. The topological polar surface area (TPSA) is 217 Å². The summed E-state index contributed by atoms with van der Waals surface area (Å²) in [6, 6.07) is 6.64. The van der Waals surface area contributed by atoms with Crippen LogP contribution in [0.15, 0.2) is 36.5 Å². The molecule has 5 N–H and O–H groups in total. The molecule has 0 saturated heterocycles. The zero-order chi connectivity index (χ0) is 36.7. The van der Waals surface area contributed by atoms with Crippen molar-refractivity contribution >= 4 is 43.5 Å². The van der Waals surface area contributed by atoms with Crippen molar-refractivity contribution in [3.63, 3.8) is 0 Å². The number of methoxy groups -OCH3 is 1. The van der Waals surface area contributed by atoms with Crippen LogP contribution in [0.25, 0.3) is 0 Å². The molecule has 0 aliphatic heterocycles. The fourth-order valence-electron chi connectivity index (χ4n) is 4.86. The summed E-state index contributed by atoms with van der Waals surface area (Å²) < 4.78 is 108. The number of sulfonamides is 1. The van der Waals surface area contributed by atoms with Gasteiger partial charge in [-0.3, -0.25) is 10.2 Å². The van der Waals surface area contributed by atoms with Gasteiger partial charge in [0.05, 0.1) is 43.8 Å². The molecule has 0 saturated carbocycles. The molecule has 19 heteroatoms. The number of ether oxygens (including phenoxy) is 3. The van der Waals surface area contributed by atoms with Crippen molar-refractivity contribution < 1.29 is 49.0 Å². The van der Waals surface area contributed by atoms with Crippen molar-refractivity contribution in [2.45, 2.75) is 38.3 Å². The van der Waals surface area contributed by atoms with Crippen molar-refractivity contribution in [3.05, 3.63) is 64.6 Å². The predicted octanol–water partition coefficient (Wildman–Crippen LogP) is 3.44. The minimum atomic E-state index is -4.78. The lowest BCUT2D eigenvalue weighted by atomic mass is 9.98. The number of nitrogen functional groups attached to an aromatic ring is 1. The number of nitrogens with two attached hydrogens (primary N) is 1. The Labute approximate surface area is 281 Å². The van der Waals surface area contributed by atoms with Gasteiger partial charge in [0.25, 0.3) is 5.91 Å². The molecule has 3 rings (SSSR count). The van der Waals surface area contributed by atoms with E-state index < -0.39 is 54.8 Å². The van der Waals surface area contributed by atoms with E-state index in [4.69, 9.17) is 30.8 Å². The molecule has 0 spiro atoms. The van der Waals surface area contributed by atoms with Crippen LogP contribution in [-0.4, -0.2) is 82.9 Å². The Morgan fingerprint density at radius 3 is 2.33 bits per heavy atom. The van der Waals surface area contributed by atoms with E-state index in [1.54, 1.807) is 16.9 Å². The highest BCUT2D eigenvalue weighted by molar-refractivity contribution is 7.90. The number of aromatic nitrogens is 2. The van der Waals surface area contributed by atoms with Crippen LogP contribution in [-0.2, 0) is 38.9 Å². The van der Waals surface area contributed by atoms with Crippen molar-refractivity contribution in [1.82, 2.24) is 14.3 Å². The van der Waals surface area contributed by atoms with Crippen molar-refractivity contribution in [2.24, 2.45) is 0 Å². The van der Waals surface area contributed by atoms with Crippen LogP contribution in [0.3, 0.4) is 0 Å². The van der Waals surface area contributed by atoms with Gasteiger partial charge < -0.3 is 29.9 Å². The fraction of sp³-hybridized carbons (Fsp3) is 0.400. The van der Waals surface area contributed by atoms with Crippen molar-refractivity contribution in [1.29, 1.82) is 10.8 Å². The quantitative estimate of drug-likeness (QED) is 0.0729. The predicted molar refractivity (Wildman–Crippen MR) is 176 cm³/mol.